The number of aromatic nitrogens is 3. The van der Waals surface area contributed by atoms with Gasteiger partial charge < -0.3 is 9.73 Å². The average molecular weight is 360 g/mol. The molecule has 0 aliphatic heterocycles. The molecule has 3 heterocycles. The molecule has 1 aliphatic carbocycles. The molecule has 0 saturated heterocycles. The number of benzene rings is 1. The van der Waals surface area contributed by atoms with Gasteiger partial charge in [-0.25, -0.2) is 0 Å². The second kappa shape index (κ2) is 6.23. The lowest BCUT2D eigenvalue weighted by atomic mass is 10.0. The minimum Gasteiger partial charge on any atom is -0.464 e. The molecule has 1 atom stereocenters. The maximum absolute atomic E-state index is 12.6. The summed E-state index contributed by atoms with van der Waals surface area (Å²) in [6.45, 7) is 1.92. The lowest BCUT2D eigenvalue weighted by molar-refractivity contribution is -0.121. The van der Waals surface area contributed by atoms with E-state index in [1.165, 1.54) is 17.5 Å². The van der Waals surface area contributed by atoms with Gasteiger partial charge in [-0.05, 0) is 61.6 Å². The highest BCUT2D eigenvalue weighted by atomic mass is 16.3. The number of pyridine rings is 1. The molecule has 4 aromatic rings. The fourth-order valence-electron chi connectivity index (χ4n) is 3.97. The third kappa shape index (κ3) is 2.77. The van der Waals surface area contributed by atoms with Crippen molar-refractivity contribution in [2.24, 2.45) is 0 Å². The Kier molecular flexibility index (Phi) is 3.70. The van der Waals surface area contributed by atoms with Crippen molar-refractivity contribution in [1.82, 2.24) is 19.9 Å². The largest absolute Gasteiger partial charge is 0.464 e. The highest BCUT2D eigenvalue weighted by Crippen LogP contribution is 2.30. The summed E-state index contributed by atoms with van der Waals surface area (Å²) in [5.41, 5.74) is 5.32. The van der Waals surface area contributed by atoms with Crippen LogP contribution in [0.1, 0.15) is 41.9 Å². The second-order valence-corrected chi connectivity index (χ2v) is 7.18. The topological polar surface area (TPSA) is 72.4 Å². The number of hydrogen-bond donors (Lipinski definition) is 1. The van der Waals surface area contributed by atoms with E-state index >= 15 is 0 Å². The second-order valence-electron chi connectivity index (χ2n) is 7.18. The molecule has 136 valence electrons. The Morgan fingerprint density at radius 2 is 2.11 bits per heavy atom. The Balaban J connectivity index is 1.35. The monoisotopic (exact) mass is 360 g/mol. The van der Waals surface area contributed by atoms with Gasteiger partial charge in [-0.1, -0.05) is 6.07 Å². The van der Waals surface area contributed by atoms with Crippen molar-refractivity contribution >= 4 is 22.5 Å². The molecule has 1 unspecified atom stereocenters. The predicted molar refractivity (Wildman–Crippen MR) is 101 cm³/mol. The maximum Gasteiger partial charge on any atom is 0.225 e. The van der Waals surface area contributed by atoms with Gasteiger partial charge >= 0.3 is 0 Å². The zero-order chi connectivity index (χ0) is 18.4. The maximum atomic E-state index is 12.6. The van der Waals surface area contributed by atoms with Gasteiger partial charge in [0.2, 0.25) is 5.91 Å². The molecule has 27 heavy (non-hydrogen) atoms. The van der Waals surface area contributed by atoms with Crippen molar-refractivity contribution in [1.29, 1.82) is 0 Å². The van der Waals surface area contributed by atoms with Crippen LogP contribution in [0, 0.1) is 0 Å². The number of nitrogens with one attached hydrogen (secondary N) is 1. The summed E-state index contributed by atoms with van der Waals surface area (Å²) in [6.07, 6.45) is 7.31. The normalized spacial score (nSPS) is 14.6. The number of aryl methyl sites for hydroxylation is 2. The first-order valence-electron chi connectivity index (χ1n) is 9.30. The van der Waals surface area contributed by atoms with Crippen LogP contribution >= 0.6 is 0 Å². The van der Waals surface area contributed by atoms with Crippen LogP contribution in [0.4, 0.5) is 0 Å². The first kappa shape index (κ1) is 16.1. The summed E-state index contributed by atoms with van der Waals surface area (Å²) in [7, 11) is 0. The van der Waals surface area contributed by atoms with E-state index in [1.54, 1.807) is 6.26 Å². The lowest BCUT2D eigenvalue weighted by Gasteiger charge is -2.12. The Labute approximate surface area is 156 Å². The third-order valence-electron chi connectivity index (χ3n) is 5.32. The summed E-state index contributed by atoms with van der Waals surface area (Å²) >= 11 is 0. The van der Waals surface area contributed by atoms with E-state index in [0.29, 0.717) is 5.82 Å². The van der Waals surface area contributed by atoms with E-state index in [4.69, 9.17) is 4.42 Å². The van der Waals surface area contributed by atoms with Crippen molar-refractivity contribution in [3.63, 3.8) is 0 Å². The van der Waals surface area contributed by atoms with E-state index in [1.807, 2.05) is 35.7 Å². The minimum absolute atomic E-state index is 0.0571. The van der Waals surface area contributed by atoms with Crippen LogP contribution in [0.25, 0.3) is 16.6 Å². The Morgan fingerprint density at radius 1 is 1.26 bits per heavy atom. The van der Waals surface area contributed by atoms with E-state index in [2.05, 4.69) is 27.6 Å². The number of furan rings is 1. The van der Waals surface area contributed by atoms with Gasteiger partial charge in [0.1, 0.15) is 5.58 Å². The standard InChI is InChI=1S/C21H20N4O2/c1-13(21-24-23-19-7-2-3-8-25(19)21)22-20(26)11-16-12-27-18-10-15-6-4-5-14(15)9-17(16)18/h2-3,7-10,12-13H,4-6,11H2,1H3,(H,22,26). The van der Waals surface area contributed by atoms with Crippen molar-refractivity contribution in [3.05, 3.63) is 65.3 Å². The highest BCUT2D eigenvalue weighted by Gasteiger charge is 2.19. The first-order chi connectivity index (χ1) is 13.2. The van der Waals surface area contributed by atoms with Crippen LogP contribution < -0.4 is 5.32 Å². The van der Waals surface area contributed by atoms with Crippen LogP contribution in [0.3, 0.4) is 0 Å². The first-order valence-corrected chi connectivity index (χ1v) is 9.30. The Hall–Kier alpha value is -3.15. The van der Waals surface area contributed by atoms with Crippen molar-refractivity contribution in [2.75, 3.05) is 0 Å². The van der Waals surface area contributed by atoms with E-state index in [-0.39, 0.29) is 18.4 Å². The van der Waals surface area contributed by atoms with Gasteiger partial charge in [-0.3, -0.25) is 9.20 Å². The molecule has 5 rings (SSSR count). The number of rotatable bonds is 4. The van der Waals surface area contributed by atoms with E-state index < -0.39 is 0 Å². The smallest absolute Gasteiger partial charge is 0.225 e. The van der Waals surface area contributed by atoms with E-state index in [9.17, 15) is 4.79 Å². The number of hydrogen-bond acceptors (Lipinski definition) is 4. The summed E-state index contributed by atoms with van der Waals surface area (Å²) in [4.78, 5) is 12.6. The van der Waals surface area contributed by atoms with Crippen molar-refractivity contribution < 1.29 is 9.21 Å². The highest BCUT2D eigenvalue weighted by molar-refractivity contribution is 5.88. The average Bonchev–Trinajstić information content (AvgIpc) is 3.38. The summed E-state index contributed by atoms with van der Waals surface area (Å²) in [5.74, 6) is 0.659. The van der Waals surface area contributed by atoms with Gasteiger partial charge in [0, 0.05) is 17.1 Å². The zero-order valence-electron chi connectivity index (χ0n) is 15.1. The number of carbonyl (C=O) groups excluding carboxylic acids is 1. The van der Waals surface area contributed by atoms with Crippen LogP contribution in [-0.2, 0) is 24.1 Å². The molecule has 0 fully saturated rings. The van der Waals surface area contributed by atoms with Gasteiger partial charge in [0.05, 0.1) is 18.7 Å². The molecule has 0 radical (unpaired) electrons. The molecule has 1 amide bonds. The molecule has 1 aromatic carbocycles. The Morgan fingerprint density at radius 3 is 3.00 bits per heavy atom. The van der Waals surface area contributed by atoms with Gasteiger partial charge in [-0.15, -0.1) is 10.2 Å². The fourth-order valence-corrected chi connectivity index (χ4v) is 3.97. The third-order valence-corrected chi connectivity index (χ3v) is 5.32. The van der Waals surface area contributed by atoms with Crippen LogP contribution in [0.2, 0.25) is 0 Å². The molecule has 0 bridgehead atoms. The molecule has 0 saturated carbocycles. The Bertz CT molecular complexity index is 1160. The molecule has 1 aliphatic rings. The van der Waals surface area contributed by atoms with Crippen molar-refractivity contribution in [3.8, 4) is 0 Å². The predicted octanol–water partition coefficient (Wildman–Crippen LogP) is 3.38. The zero-order valence-corrected chi connectivity index (χ0v) is 15.1. The number of nitrogens with zero attached hydrogens (tertiary/aromatic N) is 3. The number of fused-ring (bicyclic) bond motifs is 3. The van der Waals surface area contributed by atoms with Crippen LogP contribution in [0.5, 0.6) is 0 Å². The molecule has 6 heteroatoms. The molecule has 1 N–H and O–H groups in total. The lowest BCUT2D eigenvalue weighted by Crippen LogP contribution is -2.29. The number of carbonyl (C=O) groups is 1. The van der Waals surface area contributed by atoms with Crippen LogP contribution in [0.15, 0.2) is 47.2 Å². The molecular weight excluding hydrogens is 340 g/mol. The van der Waals surface area contributed by atoms with Gasteiger partial charge in [0.25, 0.3) is 0 Å². The summed E-state index contributed by atoms with van der Waals surface area (Å²) < 4.78 is 7.59. The molecule has 3 aromatic heterocycles. The van der Waals surface area contributed by atoms with Gasteiger partial charge in [0.15, 0.2) is 11.5 Å². The van der Waals surface area contributed by atoms with Gasteiger partial charge in [-0.2, -0.15) is 0 Å². The minimum atomic E-state index is -0.239. The molecule has 6 nitrogen and oxygen atoms in total. The fraction of sp³-hybridized carbons (Fsp3) is 0.286. The summed E-state index contributed by atoms with van der Waals surface area (Å²) in [5, 5.41) is 12.4. The summed E-state index contributed by atoms with van der Waals surface area (Å²) in [6, 6.07) is 9.81. The van der Waals surface area contributed by atoms with Crippen LogP contribution in [-0.4, -0.2) is 20.5 Å². The SMILES string of the molecule is CC(NC(=O)Cc1coc2cc3c(cc12)CCC3)c1nnc2ccccn12. The molecule has 0 spiro atoms. The van der Waals surface area contributed by atoms with E-state index in [0.717, 1.165) is 35.0 Å². The van der Waals surface area contributed by atoms with Crippen molar-refractivity contribution in [2.45, 2.75) is 38.6 Å². The number of amides is 1. The quantitative estimate of drug-likeness (QED) is 0.605. The molecular formula is C21H20N4O2.